The zero-order valence-electron chi connectivity index (χ0n) is 11.3. The third kappa shape index (κ3) is 2.78. The van der Waals surface area contributed by atoms with E-state index in [9.17, 15) is 0 Å². The maximum absolute atomic E-state index is 5.52. The molecule has 0 fully saturated rings. The fourth-order valence-corrected chi connectivity index (χ4v) is 2.11. The first-order valence-electron chi connectivity index (χ1n) is 6.51. The first kappa shape index (κ1) is 12.6. The van der Waals surface area contributed by atoms with Crippen LogP contribution in [0.4, 0.5) is 0 Å². The molecule has 0 amide bonds. The number of hydrogen-bond acceptors (Lipinski definition) is 4. The Morgan fingerprint density at radius 1 is 1.20 bits per heavy atom. The van der Waals surface area contributed by atoms with E-state index in [-0.39, 0.29) is 0 Å². The van der Waals surface area contributed by atoms with Crippen LogP contribution in [0.2, 0.25) is 0 Å². The van der Waals surface area contributed by atoms with Gasteiger partial charge in [-0.15, -0.1) is 0 Å². The molecule has 2 N–H and O–H groups in total. The number of rotatable bonds is 5. The van der Waals surface area contributed by atoms with Crippen LogP contribution in [0.3, 0.4) is 0 Å². The molecule has 0 aliphatic heterocycles. The molecule has 5 heteroatoms. The van der Waals surface area contributed by atoms with Crippen LogP contribution in [0.5, 0.6) is 0 Å². The Kier molecular flexibility index (Phi) is 3.60. The number of pyridine rings is 1. The van der Waals surface area contributed by atoms with Gasteiger partial charge >= 0.3 is 0 Å². The summed E-state index contributed by atoms with van der Waals surface area (Å²) in [5.41, 5.74) is 3.15. The minimum Gasteiger partial charge on any atom is -0.465 e. The van der Waals surface area contributed by atoms with Crippen molar-refractivity contribution in [1.82, 2.24) is 20.5 Å². The molecule has 0 aromatic carbocycles. The molecule has 0 spiro atoms. The zero-order valence-corrected chi connectivity index (χ0v) is 11.3. The van der Waals surface area contributed by atoms with Crippen LogP contribution in [-0.2, 0) is 13.1 Å². The summed E-state index contributed by atoms with van der Waals surface area (Å²) in [7, 11) is 0. The van der Waals surface area contributed by atoms with Crippen molar-refractivity contribution in [2.75, 3.05) is 0 Å². The van der Waals surface area contributed by atoms with Gasteiger partial charge in [-0.05, 0) is 31.2 Å². The lowest BCUT2D eigenvalue weighted by molar-refractivity contribution is 0.462. The Morgan fingerprint density at radius 2 is 2.15 bits per heavy atom. The lowest BCUT2D eigenvalue weighted by Gasteiger charge is -2.04. The van der Waals surface area contributed by atoms with Gasteiger partial charge < -0.3 is 9.73 Å². The van der Waals surface area contributed by atoms with E-state index in [0.717, 1.165) is 34.9 Å². The predicted molar refractivity (Wildman–Crippen MR) is 75.8 cm³/mol. The van der Waals surface area contributed by atoms with E-state index in [2.05, 4.69) is 20.5 Å². The number of nitrogens with one attached hydrogen (secondary N) is 2. The minimum atomic E-state index is 0.700. The Balaban J connectivity index is 1.65. The number of aryl methyl sites for hydroxylation is 1. The fraction of sp³-hybridized carbons (Fsp3) is 0.200. The number of furan rings is 1. The van der Waals surface area contributed by atoms with E-state index in [1.165, 1.54) is 0 Å². The van der Waals surface area contributed by atoms with Crippen molar-refractivity contribution in [3.8, 4) is 11.3 Å². The molecule has 0 aliphatic carbocycles. The second-order valence-electron chi connectivity index (χ2n) is 4.63. The maximum atomic E-state index is 5.52. The lowest BCUT2D eigenvalue weighted by Crippen LogP contribution is -2.12. The molecule has 3 aromatic rings. The molecular weight excluding hydrogens is 252 g/mol. The maximum Gasteiger partial charge on any atom is 0.117 e. The van der Waals surface area contributed by atoms with Crippen molar-refractivity contribution in [3.63, 3.8) is 0 Å². The van der Waals surface area contributed by atoms with Crippen LogP contribution in [0.15, 0.2) is 47.3 Å². The van der Waals surface area contributed by atoms with E-state index in [0.29, 0.717) is 6.54 Å². The molecular formula is C15H16N4O. The standard InChI is InChI=1S/C15H16N4O/c1-11-4-5-14(20-11)10-17-8-13-9-18-19-15(13)12-3-2-6-16-7-12/h2-7,9,17H,8,10H2,1H3,(H,18,19). The van der Waals surface area contributed by atoms with E-state index < -0.39 is 0 Å². The van der Waals surface area contributed by atoms with Crippen LogP contribution < -0.4 is 5.32 Å². The summed E-state index contributed by atoms with van der Waals surface area (Å²) in [5, 5.41) is 10.5. The molecule has 0 atom stereocenters. The molecule has 3 rings (SSSR count). The van der Waals surface area contributed by atoms with Gasteiger partial charge in [0.1, 0.15) is 11.5 Å². The van der Waals surface area contributed by atoms with Crippen LogP contribution >= 0.6 is 0 Å². The molecule has 3 heterocycles. The first-order chi connectivity index (χ1) is 9.83. The molecule has 0 radical (unpaired) electrons. The van der Waals surface area contributed by atoms with Gasteiger partial charge in [0.2, 0.25) is 0 Å². The van der Waals surface area contributed by atoms with Crippen molar-refractivity contribution in [1.29, 1.82) is 0 Å². The summed E-state index contributed by atoms with van der Waals surface area (Å²) in [6, 6.07) is 7.88. The quantitative estimate of drug-likeness (QED) is 0.746. The highest BCUT2D eigenvalue weighted by Crippen LogP contribution is 2.19. The number of aromatic nitrogens is 3. The molecule has 20 heavy (non-hydrogen) atoms. The van der Waals surface area contributed by atoms with Gasteiger partial charge in [-0.2, -0.15) is 5.10 Å². The zero-order chi connectivity index (χ0) is 13.8. The molecule has 5 nitrogen and oxygen atoms in total. The van der Waals surface area contributed by atoms with Crippen LogP contribution in [0.25, 0.3) is 11.3 Å². The highest BCUT2D eigenvalue weighted by atomic mass is 16.3. The fourth-order valence-electron chi connectivity index (χ4n) is 2.11. The smallest absolute Gasteiger partial charge is 0.117 e. The monoisotopic (exact) mass is 268 g/mol. The van der Waals surface area contributed by atoms with Gasteiger partial charge in [0.15, 0.2) is 0 Å². The average Bonchev–Trinajstić information content (AvgIpc) is 3.09. The van der Waals surface area contributed by atoms with Crippen molar-refractivity contribution < 1.29 is 4.42 Å². The Hall–Kier alpha value is -2.40. The third-order valence-electron chi connectivity index (χ3n) is 3.08. The topological polar surface area (TPSA) is 66.7 Å². The lowest BCUT2D eigenvalue weighted by atomic mass is 10.1. The second-order valence-corrected chi connectivity index (χ2v) is 4.63. The summed E-state index contributed by atoms with van der Waals surface area (Å²) in [6.45, 7) is 3.37. The van der Waals surface area contributed by atoms with Crippen molar-refractivity contribution in [3.05, 3.63) is 59.9 Å². The van der Waals surface area contributed by atoms with Gasteiger partial charge in [-0.3, -0.25) is 10.1 Å². The van der Waals surface area contributed by atoms with E-state index in [1.54, 1.807) is 6.20 Å². The van der Waals surface area contributed by atoms with Gasteiger partial charge in [-0.25, -0.2) is 0 Å². The molecule has 3 aromatic heterocycles. The van der Waals surface area contributed by atoms with E-state index in [4.69, 9.17) is 4.42 Å². The summed E-state index contributed by atoms with van der Waals surface area (Å²) < 4.78 is 5.52. The van der Waals surface area contributed by atoms with Crippen LogP contribution in [0.1, 0.15) is 17.1 Å². The van der Waals surface area contributed by atoms with Crippen molar-refractivity contribution in [2.45, 2.75) is 20.0 Å². The highest BCUT2D eigenvalue weighted by Gasteiger charge is 2.07. The normalized spacial score (nSPS) is 10.8. The van der Waals surface area contributed by atoms with Gasteiger partial charge in [-0.1, -0.05) is 0 Å². The van der Waals surface area contributed by atoms with Crippen molar-refractivity contribution in [2.24, 2.45) is 0 Å². The average molecular weight is 268 g/mol. The number of hydrogen-bond donors (Lipinski definition) is 2. The highest BCUT2D eigenvalue weighted by molar-refractivity contribution is 5.61. The number of H-pyrrole nitrogens is 1. The predicted octanol–water partition coefficient (Wildman–Crippen LogP) is 2.66. The minimum absolute atomic E-state index is 0.700. The Labute approximate surface area is 117 Å². The first-order valence-corrected chi connectivity index (χ1v) is 6.51. The SMILES string of the molecule is Cc1ccc(CNCc2cn[nH]c2-c2cccnc2)o1. The largest absolute Gasteiger partial charge is 0.465 e. The summed E-state index contributed by atoms with van der Waals surface area (Å²) >= 11 is 0. The van der Waals surface area contributed by atoms with Crippen molar-refractivity contribution >= 4 is 0 Å². The molecule has 0 saturated heterocycles. The number of aromatic amines is 1. The van der Waals surface area contributed by atoms with Crippen LogP contribution in [-0.4, -0.2) is 15.2 Å². The third-order valence-corrected chi connectivity index (χ3v) is 3.08. The van der Waals surface area contributed by atoms with Gasteiger partial charge in [0, 0.05) is 30.1 Å². The van der Waals surface area contributed by atoms with Crippen LogP contribution in [0, 0.1) is 6.92 Å². The van der Waals surface area contributed by atoms with E-state index >= 15 is 0 Å². The Morgan fingerprint density at radius 3 is 2.90 bits per heavy atom. The van der Waals surface area contributed by atoms with E-state index in [1.807, 2.05) is 43.6 Å². The van der Waals surface area contributed by atoms with Gasteiger partial charge in [0.05, 0.1) is 18.4 Å². The van der Waals surface area contributed by atoms with Gasteiger partial charge in [0.25, 0.3) is 0 Å². The molecule has 0 saturated carbocycles. The summed E-state index contributed by atoms with van der Waals surface area (Å²) in [5.74, 6) is 1.87. The second kappa shape index (κ2) is 5.71. The molecule has 0 aliphatic rings. The molecule has 0 bridgehead atoms. The summed E-state index contributed by atoms with van der Waals surface area (Å²) in [6.07, 6.45) is 5.42. The summed E-state index contributed by atoms with van der Waals surface area (Å²) in [4.78, 5) is 4.13. The Bertz CT molecular complexity index is 672. The molecule has 102 valence electrons. The molecule has 0 unspecified atom stereocenters. The number of nitrogens with zero attached hydrogens (tertiary/aromatic N) is 2.